The number of hydrogen-bond acceptors (Lipinski definition) is 3. The van der Waals surface area contributed by atoms with Crippen molar-refractivity contribution in [2.75, 3.05) is 33.2 Å². The molecule has 0 radical (unpaired) electrons. The molecule has 0 aromatic heterocycles. The molecule has 0 aromatic carbocycles. The first kappa shape index (κ1) is 12.5. The fourth-order valence-corrected chi connectivity index (χ4v) is 1.84. The lowest BCUT2D eigenvalue weighted by Gasteiger charge is -2.26. The predicted molar refractivity (Wildman–Crippen MR) is 61.6 cm³/mol. The Labute approximate surface area is 92.6 Å². The van der Waals surface area contributed by atoms with Crippen LogP contribution in [0.4, 0.5) is 0 Å². The fraction of sp³-hybridized carbons (Fsp3) is 0.909. The molecule has 88 valence electrons. The third-order valence-corrected chi connectivity index (χ3v) is 3.01. The summed E-state index contributed by atoms with van der Waals surface area (Å²) < 4.78 is 0. The molecule has 1 rings (SSSR count). The molecular weight excluding hydrogens is 190 g/mol. The van der Waals surface area contributed by atoms with Gasteiger partial charge in [-0.05, 0) is 20.0 Å². The number of carbonyl (C=O) groups excluding carboxylic acids is 1. The Morgan fingerprint density at radius 1 is 1.53 bits per heavy atom. The minimum absolute atomic E-state index is 0.248. The second-order valence-electron chi connectivity index (χ2n) is 4.17. The Kier molecular flexibility index (Phi) is 5.05. The van der Waals surface area contributed by atoms with Gasteiger partial charge in [0.15, 0.2) is 0 Å². The average molecular weight is 213 g/mol. The van der Waals surface area contributed by atoms with Gasteiger partial charge in [0.2, 0.25) is 5.91 Å². The summed E-state index contributed by atoms with van der Waals surface area (Å²) in [6.45, 7) is 7.65. The van der Waals surface area contributed by atoms with Crippen molar-refractivity contribution in [1.29, 1.82) is 0 Å². The van der Waals surface area contributed by atoms with E-state index in [2.05, 4.69) is 31.1 Å². The average Bonchev–Trinajstić information content (AvgIpc) is 2.57. The van der Waals surface area contributed by atoms with E-state index in [9.17, 15) is 4.79 Å². The van der Waals surface area contributed by atoms with E-state index in [1.807, 2.05) is 4.90 Å². The van der Waals surface area contributed by atoms with Crippen molar-refractivity contribution in [3.05, 3.63) is 0 Å². The monoisotopic (exact) mass is 213 g/mol. The Morgan fingerprint density at radius 3 is 2.87 bits per heavy atom. The minimum Gasteiger partial charge on any atom is -0.325 e. The van der Waals surface area contributed by atoms with Gasteiger partial charge in [0.1, 0.15) is 0 Å². The summed E-state index contributed by atoms with van der Waals surface area (Å²) in [4.78, 5) is 15.8. The van der Waals surface area contributed by atoms with Gasteiger partial charge in [-0.1, -0.05) is 20.3 Å². The van der Waals surface area contributed by atoms with Crippen molar-refractivity contribution >= 4 is 5.91 Å². The Hall–Kier alpha value is -0.610. The summed E-state index contributed by atoms with van der Waals surface area (Å²) in [5.41, 5.74) is 0. The molecule has 1 unspecified atom stereocenters. The summed E-state index contributed by atoms with van der Waals surface area (Å²) >= 11 is 0. The van der Waals surface area contributed by atoms with Crippen LogP contribution in [-0.2, 0) is 4.79 Å². The van der Waals surface area contributed by atoms with Crippen LogP contribution in [0.3, 0.4) is 0 Å². The smallest absolute Gasteiger partial charge is 0.237 e. The van der Waals surface area contributed by atoms with Crippen LogP contribution in [0, 0.1) is 0 Å². The second-order valence-corrected chi connectivity index (χ2v) is 4.17. The Balaban J connectivity index is 2.38. The van der Waals surface area contributed by atoms with E-state index in [4.69, 9.17) is 0 Å². The molecule has 4 nitrogen and oxygen atoms in total. The molecule has 0 bridgehead atoms. The number of nitrogens with one attached hydrogen (secondary N) is 1. The Morgan fingerprint density at radius 2 is 2.27 bits per heavy atom. The lowest BCUT2D eigenvalue weighted by atomic mass is 10.2. The highest BCUT2D eigenvalue weighted by atomic mass is 16.2. The van der Waals surface area contributed by atoms with Gasteiger partial charge in [-0.25, -0.2) is 0 Å². The van der Waals surface area contributed by atoms with Crippen LogP contribution in [0.5, 0.6) is 0 Å². The van der Waals surface area contributed by atoms with Crippen molar-refractivity contribution in [3.8, 4) is 0 Å². The number of hydrogen-bond donors (Lipinski definition) is 1. The molecule has 1 fully saturated rings. The van der Waals surface area contributed by atoms with Gasteiger partial charge in [0, 0.05) is 13.1 Å². The van der Waals surface area contributed by atoms with E-state index >= 15 is 0 Å². The molecule has 1 saturated heterocycles. The molecule has 0 aromatic rings. The van der Waals surface area contributed by atoms with Gasteiger partial charge in [-0.3, -0.25) is 10.1 Å². The van der Waals surface area contributed by atoms with Gasteiger partial charge in [0.25, 0.3) is 0 Å². The van der Waals surface area contributed by atoms with Gasteiger partial charge in [-0.15, -0.1) is 0 Å². The summed E-state index contributed by atoms with van der Waals surface area (Å²) in [5, 5.41) is 3.26. The summed E-state index contributed by atoms with van der Waals surface area (Å²) in [5.74, 6) is 0.248. The number of nitrogens with zero attached hydrogens (tertiary/aromatic N) is 2. The molecule has 4 heteroatoms. The summed E-state index contributed by atoms with van der Waals surface area (Å²) in [6.07, 6.45) is 2.44. The highest BCUT2D eigenvalue weighted by molar-refractivity contribution is 5.80. The third-order valence-electron chi connectivity index (χ3n) is 3.01. The Bertz CT molecular complexity index is 208. The minimum atomic E-state index is 0.248. The first-order valence-electron chi connectivity index (χ1n) is 5.90. The van der Waals surface area contributed by atoms with Crippen LogP contribution in [-0.4, -0.2) is 55.1 Å². The SMILES string of the molecule is CCCC1NCC(=O)N1CCN(C)CC. The van der Waals surface area contributed by atoms with E-state index in [0.717, 1.165) is 32.5 Å². The number of amides is 1. The fourth-order valence-electron chi connectivity index (χ4n) is 1.84. The maximum Gasteiger partial charge on any atom is 0.237 e. The van der Waals surface area contributed by atoms with E-state index in [1.165, 1.54) is 0 Å². The van der Waals surface area contributed by atoms with Crippen LogP contribution in [0.2, 0.25) is 0 Å². The molecule has 15 heavy (non-hydrogen) atoms. The van der Waals surface area contributed by atoms with E-state index in [-0.39, 0.29) is 12.1 Å². The zero-order valence-electron chi connectivity index (χ0n) is 10.1. The van der Waals surface area contributed by atoms with Gasteiger partial charge < -0.3 is 9.80 Å². The quantitative estimate of drug-likeness (QED) is 0.698. The standard InChI is InChI=1S/C11H23N3O/c1-4-6-10-12-9-11(15)14(10)8-7-13(3)5-2/h10,12H,4-9H2,1-3H3. The van der Waals surface area contributed by atoms with Crippen LogP contribution in [0.25, 0.3) is 0 Å². The van der Waals surface area contributed by atoms with Crippen LogP contribution in [0.1, 0.15) is 26.7 Å². The molecule has 0 aliphatic carbocycles. The molecular formula is C11H23N3O. The highest BCUT2D eigenvalue weighted by Crippen LogP contribution is 2.10. The van der Waals surface area contributed by atoms with E-state index in [0.29, 0.717) is 6.54 Å². The van der Waals surface area contributed by atoms with Gasteiger partial charge in [-0.2, -0.15) is 0 Å². The molecule has 0 saturated carbocycles. The summed E-state index contributed by atoms with van der Waals surface area (Å²) in [6, 6.07) is 0. The van der Waals surface area contributed by atoms with Crippen molar-refractivity contribution in [1.82, 2.24) is 15.1 Å². The highest BCUT2D eigenvalue weighted by Gasteiger charge is 2.28. The molecule has 1 atom stereocenters. The topological polar surface area (TPSA) is 35.6 Å². The maximum atomic E-state index is 11.6. The van der Waals surface area contributed by atoms with Gasteiger partial charge >= 0.3 is 0 Å². The third kappa shape index (κ3) is 3.47. The molecule has 0 spiro atoms. The van der Waals surface area contributed by atoms with Crippen LogP contribution >= 0.6 is 0 Å². The first-order valence-corrected chi connectivity index (χ1v) is 5.90. The van der Waals surface area contributed by atoms with Gasteiger partial charge in [0.05, 0.1) is 12.7 Å². The number of carbonyl (C=O) groups is 1. The van der Waals surface area contributed by atoms with Crippen molar-refractivity contribution in [3.63, 3.8) is 0 Å². The largest absolute Gasteiger partial charge is 0.325 e. The van der Waals surface area contributed by atoms with E-state index in [1.54, 1.807) is 0 Å². The second kappa shape index (κ2) is 6.08. The zero-order valence-corrected chi connectivity index (χ0v) is 10.1. The predicted octanol–water partition coefficient (Wildman–Crippen LogP) is 0.496. The van der Waals surface area contributed by atoms with E-state index < -0.39 is 0 Å². The number of likely N-dealkylation sites (N-methyl/N-ethyl adjacent to an activating group) is 1. The normalized spacial score (nSPS) is 21.7. The first-order chi connectivity index (χ1) is 7.19. The summed E-state index contributed by atoms with van der Waals surface area (Å²) in [7, 11) is 2.09. The lowest BCUT2D eigenvalue weighted by molar-refractivity contribution is -0.128. The van der Waals surface area contributed by atoms with Crippen molar-refractivity contribution < 1.29 is 4.79 Å². The molecule has 1 aliphatic rings. The molecule has 1 aliphatic heterocycles. The molecule has 1 N–H and O–H groups in total. The number of rotatable bonds is 6. The molecule has 1 amide bonds. The lowest BCUT2D eigenvalue weighted by Crippen LogP contribution is -2.41. The molecule has 1 heterocycles. The van der Waals surface area contributed by atoms with Crippen LogP contribution < -0.4 is 5.32 Å². The van der Waals surface area contributed by atoms with Crippen molar-refractivity contribution in [2.45, 2.75) is 32.9 Å². The van der Waals surface area contributed by atoms with Crippen LogP contribution in [0.15, 0.2) is 0 Å². The van der Waals surface area contributed by atoms with Crippen molar-refractivity contribution in [2.24, 2.45) is 0 Å². The maximum absolute atomic E-state index is 11.6. The zero-order chi connectivity index (χ0) is 11.3.